The van der Waals surface area contributed by atoms with Gasteiger partial charge in [-0.1, -0.05) is 18.9 Å². The van der Waals surface area contributed by atoms with Crippen LogP contribution in [0.5, 0.6) is 0 Å². The lowest BCUT2D eigenvalue weighted by Gasteiger charge is -2.14. The summed E-state index contributed by atoms with van der Waals surface area (Å²) in [5, 5.41) is 0.851. The fourth-order valence-corrected chi connectivity index (χ4v) is 3.51. The van der Waals surface area contributed by atoms with E-state index in [1.807, 2.05) is 24.2 Å². The molecule has 1 aromatic heterocycles. The average Bonchev–Trinajstić information content (AvgIpc) is 2.78. The number of rotatable bonds is 4. The summed E-state index contributed by atoms with van der Waals surface area (Å²) in [6, 6.07) is 2.28. The first-order valence-corrected chi connectivity index (χ1v) is 7.09. The van der Waals surface area contributed by atoms with Crippen LogP contribution in [-0.4, -0.2) is 16.0 Å². The van der Waals surface area contributed by atoms with E-state index in [1.165, 1.54) is 36.8 Å². The van der Waals surface area contributed by atoms with E-state index in [4.69, 9.17) is 5.73 Å². The zero-order valence-electron chi connectivity index (χ0n) is 9.86. The molecular formula is C13H20N2S. The van der Waals surface area contributed by atoms with Crippen LogP contribution >= 0.6 is 11.8 Å². The van der Waals surface area contributed by atoms with Gasteiger partial charge in [-0.25, -0.2) is 0 Å². The van der Waals surface area contributed by atoms with Crippen molar-refractivity contribution in [2.75, 3.05) is 5.75 Å². The van der Waals surface area contributed by atoms with Crippen LogP contribution in [0.4, 0.5) is 0 Å². The molecule has 1 fully saturated rings. The highest BCUT2D eigenvalue weighted by Crippen LogP contribution is 2.31. The summed E-state index contributed by atoms with van der Waals surface area (Å²) in [6.45, 7) is 2.06. The third-order valence-corrected chi connectivity index (χ3v) is 4.63. The van der Waals surface area contributed by atoms with E-state index in [9.17, 15) is 0 Å². The molecule has 1 heterocycles. The number of hydrogen-bond acceptors (Lipinski definition) is 3. The van der Waals surface area contributed by atoms with Crippen molar-refractivity contribution in [2.45, 2.75) is 43.9 Å². The standard InChI is InChI=1S/C13H20N2S/c1-10-6-11(8-15-7-10)13(14)9-16-12-4-2-3-5-12/h6-8,12-13H,2-5,9,14H2,1H3. The van der Waals surface area contributed by atoms with Crippen molar-refractivity contribution in [3.8, 4) is 0 Å². The lowest BCUT2D eigenvalue weighted by Crippen LogP contribution is -2.15. The maximum Gasteiger partial charge on any atom is 0.0402 e. The Kier molecular flexibility index (Phi) is 4.24. The summed E-state index contributed by atoms with van der Waals surface area (Å²) in [5.41, 5.74) is 8.55. The summed E-state index contributed by atoms with van der Waals surface area (Å²) >= 11 is 2.04. The van der Waals surface area contributed by atoms with E-state index in [-0.39, 0.29) is 6.04 Å². The van der Waals surface area contributed by atoms with Gasteiger partial charge in [-0.05, 0) is 30.9 Å². The van der Waals surface area contributed by atoms with E-state index < -0.39 is 0 Å². The van der Waals surface area contributed by atoms with Crippen molar-refractivity contribution >= 4 is 11.8 Å². The van der Waals surface area contributed by atoms with Crippen molar-refractivity contribution in [1.29, 1.82) is 0 Å². The summed E-state index contributed by atoms with van der Waals surface area (Å²) in [4.78, 5) is 4.20. The van der Waals surface area contributed by atoms with Gasteiger partial charge in [0.2, 0.25) is 0 Å². The molecule has 3 heteroatoms. The second-order valence-electron chi connectivity index (χ2n) is 4.64. The van der Waals surface area contributed by atoms with Crippen molar-refractivity contribution in [1.82, 2.24) is 4.98 Å². The summed E-state index contributed by atoms with van der Waals surface area (Å²) in [6.07, 6.45) is 9.33. The Hall–Kier alpha value is -0.540. The van der Waals surface area contributed by atoms with Crippen molar-refractivity contribution in [2.24, 2.45) is 5.73 Å². The molecule has 0 bridgehead atoms. The molecule has 0 radical (unpaired) electrons. The third kappa shape index (κ3) is 3.22. The highest BCUT2D eigenvalue weighted by atomic mass is 32.2. The van der Waals surface area contributed by atoms with Crippen LogP contribution in [-0.2, 0) is 0 Å². The minimum absolute atomic E-state index is 0.137. The summed E-state index contributed by atoms with van der Waals surface area (Å²) < 4.78 is 0. The number of aryl methyl sites for hydroxylation is 1. The SMILES string of the molecule is Cc1cncc(C(N)CSC2CCCC2)c1. The largest absolute Gasteiger partial charge is 0.323 e. The Morgan fingerprint density at radius 2 is 2.19 bits per heavy atom. The Balaban J connectivity index is 1.85. The number of pyridine rings is 1. The Morgan fingerprint density at radius 3 is 2.88 bits per heavy atom. The quantitative estimate of drug-likeness (QED) is 0.873. The normalized spacial score (nSPS) is 18.9. The Labute approximate surface area is 102 Å². The maximum absolute atomic E-state index is 6.18. The van der Waals surface area contributed by atoms with Gasteiger partial charge in [0.05, 0.1) is 0 Å². The second kappa shape index (κ2) is 5.69. The Morgan fingerprint density at radius 1 is 1.44 bits per heavy atom. The van der Waals surface area contributed by atoms with E-state index in [0.717, 1.165) is 11.0 Å². The maximum atomic E-state index is 6.18. The van der Waals surface area contributed by atoms with Crippen LogP contribution in [0.25, 0.3) is 0 Å². The fourth-order valence-electron chi connectivity index (χ4n) is 2.17. The molecule has 1 saturated carbocycles. The van der Waals surface area contributed by atoms with Crippen molar-refractivity contribution < 1.29 is 0 Å². The number of hydrogen-bond donors (Lipinski definition) is 1. The first kappa shape index (κ1) is 11.9. The Bertz CT molecular complexity index is 334. The lowest BCUT2D eigenvalue weighted by atomic mass is 10.1. The van der Waals surface area contributed by atoms with Gasteiger partial charge in [-0.3, -0.25) is 4.98 Å². The first-order valence-electron chi connectivity index (χ1n) is 6.04. The molecule has 16 heavy (non-hydrogen) atoms. The highest BCUT2D eigenvalue weighted by Gasteiger charge is 2.17. The summed E-state index contributed by atoms with van der Waals surface area (Å²) in [5.74, 6) is 1.02. The monoisotopic (exact) mass is 236 g/mol. The molecule has 88 valence electrons. The van der Waals surface area contributed by atoms with Gasteiger partial charge in [0.25, 0.3) is 0 Å². The van der Waals surface area contributed by atoms with Gasteiger partial charge < -0.3 is 5.73 Å². The van der Waals surface area contributed by atoms with Gasteiger partial charge in [-0.15, -0.1) is 0 Å². The van der Waals surface area contributed by atoms with Gasteiger partial charge >= 0.3 is 0 Å². The predicted molar refractivity (Wildman–Crippen MR) is 70.6 cm³/mol. The lowest BCUT2D eigenvalue weighted by molar-refractivity contribution is 0.812. The predicted octanol–water partition coefficient (Wildman–Crippen LogP) is 3.07. The van der Waals surface area contributed by atoms with Crippen molar-refractivity contribution in [3.05, 3.63) is 29.6 Å². The van der Waals surface area contributed by atoms with Gasteiger partial charge in [0.1, 0.15) is 0 Å². The van der Waals surface area contributed by atoms with Crippen molar-refractivity contribution in [3.63, 3.8) is 0 Å². The molecular weight excluding hydrogens is 216 g/mol. The molecule has 0 amide bonds. The molecule has 2 rings (SSSR count). The molecule has 1 unspecified atom stereocenters. The number of nitrogens with zero attached hydrogens (tertiary/aromatic N) is 1. The van der Waals surface area contributed by atoms with E-state index in [1.54, 1.807) is 0 Å². The molecule has 2 N–H and O–H groups in total. The van der Waals surface area contributed by atoms with E-state index in [2.05, 4.69) is 18.0 Å². The van der Waals surface area contributed by atoms with E-state index in [0.29, 0.717) is 0 Å². The van der Waals surface area contributed by atoms with Gasteiger partial charge in [0.15, 0.2) is 0 Å². The number of aromatic nitrogens is 1. The number of thioether (sulfide) groups is 1. The molecule has 1 atom stereocenters. The van der Waals surface area contributed by atoms with Crippen LogP contribution in [0.2, 0.25) is 0 Å². The molecule has 1 aliphatic rings. The molecule has 1 aromatic rings. The molecule has 0 spiro atoms. The first-order chi connectivity index (χ1) is 7.75. The highest BCUT2D eigenvalue weighted by molar-refractivity contribution is 7.99. The molecule has 2 nitrogen and oxygen atoms in total. The zero-order valence-corrected chi connectivity index (χ0v) is 10.7. The molecule has 1 aliphatic carbocycles. The van der Waals surface area contributed by atoms with Crippen LogP contribution < -0.4 is 5.73 Å². The van der Waals surface area contributed by atoms with Crippen LogP contribution in [0.15, 0.2) is 18.5 Å². The fraction of sp³-hybridized carbons (Fsp3) is 0.615. The molecule has 0 aromatic carbocycles. The molecule has 0 saturated heterocycles. The zero-order chi connectivity index (χ0) is 11.4. The van der Waals surface area contributed by atoms with Crippen LogP contribution in [0.3, 0.4) is 0 Å². The van der Waals surface area contributed by atoms with E-state index >= 15 is 0 Å². The minimum atomic E-state index is 0.137. The topological polar surface area (TPSA) is 38.9 Å². The minimum Gasteiger partial charge on any atom is -0.323 e. The smallest absolute Gasteiger partial charge is 0.0402 e. The summed E-state index contributed by atoms with van der Waals surface area (Å²) in [7, 11) is 0. The second-order valence-corrected chi connectivity index (χ2v) is 5.98. The van der Waals surface area contributed by atoms with Gasteiger partial charge in [0, 0.05) is 29.4 Å². The number of nitrogens with two attached hydrogens (primary N) is 1. The van der Waals surface area contributed by atoms with Gasteiger partial charge in [-0.2, -0.15) is 11.8 Å². The third-order valence-electron chi connectivity index (χ3n) is 3.14. The molecule has 0 aliphatic heterocycles. The van der Waals surface area contributed by atoms with Crippen LogP contribution in [0.1, 0.15) is 42.9 Å². The average molecular weight is 236 g/mol. The van der Waals surface area contributed by atoms with Crippen LogP contribution in [0, 0.1) is 6.92 Å².